The third-order valence-corrected chi connectivity index (χ3v) is 3.37. The molecule has 0 aliphatic carbocycles. The summed E-state index contributed by atoms with van der Waals surface area (Å²) < 4.78 is 5.29. The van der Waals surface area contributed by atoms with Crippen molar-refractivity contribution in [1.29, 1.82) is 0 Å². The molecule has 1 aromatic carbocycles. The molecule has 1 fully saturated rings. The summed E-state index contributed by atoms with van der Waals surface area (Å²) in [5.74, 6) is 1.43. The first kappa shape index (κ1) is 14.3. The molecule has 2 heterocycles. The molecule has 3 rings (SSSR count). The zero-order chi connectivity index (χ0) is 12.4. The SMILES string of the molecule is Cl.Clc1ccc(Cc2noc([C@@H]3CCCN3)n2)cc1. The maximum atomic E-state index is 5.85. The summed E-state index contributed by atoms with van der Waals surface area (Å²) in [6.07, 6.45) is 2.91. The van der Waals surface area contributed by atoms with Crippen molar-refractivity contribution in [3.8, 4) is 0 Å². The lowest BCUT2D eigenvalue weighted by atomic mass is 10.1. The van der Waals surface area contributed by atoms with E-state index in [1.54, 1.807) is 0 Å². The Morgan fingerprint density at radius 3 is 2.79 bits per heavy atom. The van der Waals surface area contributed by atoms with Crippen molar-refractivity contribution in [2.45, 2.75) is 25.3 Å². The third kappa shape index (κ3) is 3.47. The highest BCUT2D eigenvalue weighted by Crippen LogP contribution is 2.21. The minimum Gasteiger partial charge on any atom is -0.338 e. The van der Waals surface area contributed by atoms with Crippen LogP contribution in [-0.2, 0) is 6.42 Å². The van der Waals surface area contributed by atoms with Gasteiger partial charge < -0.3 is 9.84 Å². The third-order valence-electron chi connectivity index (χ3n) is 3.12. The van der Waals surface area contributed by atoms with E-state index in [0.717, 1.165) is 29.4 Å². The van der Waals surface area contributed by atoms with Crippen LogP contribution in [0.3, 0.4) is 0 Å². The predicted octanol–water partition coefficient (Wildman–Crippen LogP) is 3.16. The van der Waals surface area contributed by atoms with Crippen LogP contribution in [0, 0.1) is 0 Å². The Kier molecular flexibility index (Phi) is 4.80. The van der Waals surface area contributed by atoms with E-state index in [0.29, 0.717) is 12.3 Å². The summed E-state index contributed by atoms with van der Waals surface area (Å²) >= 11 is 5.85. The highest BCUT2D eigenvalue weighted by atomic mass is 35.5. The highest BCUT2D eigenvalue weighted by Gasteiger charge is 2.22. The number of rotatable bonds is 3. The van der Waals surface area contributed by atoms with Crippen LogP contribution in [-0.4, -0.2) is 16.7 Å². The van der Waals surface area contributed by atoms with Crippen LogP contribution in [0.15, 0.2) is 28.8 Å². The summed E-state index contributed by atoms with van der Waals surface area (Å²) in [5.41, 5.74) is 1.13. The lowest BCUT2D eigenvalue weighted by Gasteiger charge is -2.01. The van der Waals surface area contributed by atoms with Crippen LogP contribution in [0.1, 0.15) is 36.2 Å². The summed E-state index contributed by atoms with van der Waals surface area (Å²) in [6.45, 7) is 1.03. The molecule has 0 saturated carbocycles. The smallest absolute Gasteiger partial charge is 0.243 e. The maximum Gasteiger partial charge on any atom is 0.243 e. The van der Waals surface area contributed by atoms with Crippen molar-refractivity contribution in [3.63, 3.8) is 0 Å². The predicted molar refractivity (Wildman–Crippen MR) is 75.8 cm³/mol. The van der Waals surface area contributed by atoms with Crippen LogP contribution >= 0.6 is 24.0 Å². The number of hydrogen-bond acceptors (Lipinski definition) is 4. The molecule has 1 aromatic heterocycles. The molecule has 1 N–H and O–H groups in total. The van der Waals surface area contributed by atoms with Crippen LogP contribution in [0.4, 0.5) is 0 Å². The lowest BCUT2D eigenvalue weighted by molar-refractivity contribution is 0.341. The van der Waals surface area contributed by atoms with Gasteiger partial charge in [0.05, 0.1) is 6.04 Å². The summed E-state index contributed by atoms with van der Waals surface area (Å²) in [7, 11) is 0. The molecule has 4 nitrogen and oxygen atoms in total. The van der Waals surface area contributed by atoms with Crippen molar-refractivity contribution in [3.05, 3.63) is 46.6 Å². The van der Waals surface area contributed by atoms with E-state index in [4.69, 9.17) is 16.1 Å². The molecular weight excluding hydrogens is 285 g/mol. The van der Waals surface area contributed by atoms with E-state index in [9.17, 15) is 0 Å². The molecule has 1 aliphatic heterocycles. The summed E-state index contributed by atoms with van der Waals surface area (Å²) in [6, 6.07) is 7.93. The highest BCUT2D eigenvalue weighted by molar-refractivity contribution is 6.30. The molecule has 102 valence electrons. The van der Waals surface area contributed by atoms with Gasteiger partial charge in [0.2, 0.25) is 5.89 Å². The molecule has 1 aliphatic rings. The topological polar surface area (TPSA) is 51.0 Å². The minimum absolute atomic E-state index is 0. The van der Waals surface area contributed by atoms with E-state index in [-0.39, 0.29) is 18.4 Å². The summed E-state index contributed by atoms with van der Waals surface area (Å²) in [4.78, 5) is 4.44. The van der Waals surface area contributed by atoms with E-state index in [1.807, 2.05) is 24.3 Å². The van der Waals surface area contributed by atoms with Gasteiger partial charge in [-0.25, -0.2) is 0 Å². The van der Waals surface area contributed by atoms with Gasteiger partial charge in [-0.1, -0.05) is 28.9 Å². The van der Waals surface area contributed by atoms with Crippen LogP contribution < -0.4 is 5.32 Å². The fourth-order valence-corrected chi connectivity index (χ4v) is 2.29. The standard InChI is InChI=1S/C13H14ClN3O.ClH/c14-10-5-3-9(4-6-10)8-12-16-13(18-17-12)11-2-1-7-15-11;/h3-6,11,15H,1-2,7-8H2;1H/t11-;/m0./s1. The largest absolute Gasteiger partial charge is 0.338 e. The summed E-state index contributed by atoms with van der Waals surface area (Å²) in [5, 5.41) is 8.10. The first-order valence-corrected chi connectivity index (χ1v) is 6.49. The van der Waals surface area contributed by atoms with Crippen LogP contribution in [0.2, 0.25) is 5.02 Å². The van der Waals surface area contributed by atoms with E-state index >= 15 is 0 Å². The van der Waals surface area contributed by atoms with Crippen molar-refractivity contribution in [1.82, 2.24) is 15.5 Å². The van der Waals surface area contributed by atoms with Gasteiger partial charge in [0.25, 0.3) is 0 Å². The van der Waals surface area contributed by atoms with Crippen molar-refractivity contribution in [2.24, 2.45) is 0 Å². The average molecular weight is 300 g/mol. The van der Waals surface area contributed by atoms with Gasteiger partial charge in [-0.3, -0.25) is 0 Å². The van der Waals surface area contributed by atoms with Gasteiger partial charge in [-0.2, -0.15) is 4.98 Å². The molecule has 1 saturated heterocycles. The Morgan fingerprint density at radius 1 is 1.32 bits per heavy atom. The van der Waals surface area contributed by atoms with E-state index in [1.165, 1.54) is 6.42 Å². The molecule has 0 spiro atoms. The molecule has 6 heteroatoms. The van der Waals surface area contributed by atoms with Gasteiger partial charge in [0, 0.05) is 11.4 Å². The number of halogens is 2. The second-order valence-corrected chi connectivity index (χ2v) is 4.94. The zero-order valence-electron chi connectivity index (χ0n) is 10.3. The first-order valence-electron chi connectivity index (χ1n) is 6.11. The quantitative estimate of drug-likeness (QED) is 0.946. The Hall–Kier alpha value is -1.10. The molecule has 19 heavy (non-hydrogen) atoms. The van der Waals surface area contributed by atoms with Crippen molar-refractivity contribution in [2.75, 3.05) is 6.54 Å². The first-order chi connectivity index (χ1) is 8.81. The van der Waals surface area contributed by atoms with E-state index in [2.05, 4.69) is 15.5 Å². The van der Waals surface area contributed by atoms with Gasteiger partial charge in [-0.05, 0) is 37.1 Å². The fraction of sp³-hybridized carbons (Fsp3) is 0.385. The fourth-order valence-electron chi connectivity index (χ4n) is 2.16. The Morgan fingerprint density at radius 2 is 2.11 bits per heavy atom. The average Bonchev–Trinajstić information content (AvgIpc) is 3.02. The molecule has 2 aromatic rings. The van der Waals surface area contributed by atoms with Gasteiger partial charge in [-0.15, -0.1) is 12.4 Å². The normalized spacial score (nSPS) is 18.3. The van der Waals surface area contributed by atoms with Crippen LogP contribution in [0.5, 0.6) is 0 Å². The lowest BCUT2D eigenvalue weighted by Crippen LogP contribution is -2.13. The molecule has 0 bridgehead atoms. The molecule has 0 unspecified atom stereocenters. The Bertz CT molecular complexity index is 521. The number of benzene rings is 1. The molecule has 0 amide bonds. The Labute approximate surface area is 122 Å². The molecule has 1 atom stereocenters. The van der Waals surface area contributed by atoms with Gasteiger partial charge >= 0.3 is 0 Å². The van der Waals surface area contributed by atoms with Gasteiger partial charge in [0.15, 0.2) is 5.82 Å². The zero-order valence-corrected chi connectivity index (χ0v) is 11.9. The molecule has 0 radical (unpaired) electrons. The van der Waals surface area contributed by atoms with Crippen molar-refractivity contribution >= 4 is 24.0 Å². The Balaban J connectivity index is 0.00000133. The monoisotopic (exact) mass is 299 g/mol. The second kappa shape index (κ2) is 6.37. The second-order valence-electron chi connectivity index (χ2n) is 4.50. The molecular formula is C13H15Cl2N3O. The van der Waals surface area contributed by atoms with Crippen LogP contribution in [0.25, 0.3) is 0 Å². The number of nitrogens with one attached hydrogen (secondary N) is 1. The minimum atomic E-state index is 0. The number of nitrogens with zero attached hydrogens (tertiary/aromatic N) is 2. The maximum absolute atomic E-state index is 5.85. The van der Waals surface area contributed by atoms with Gasteiger partial charge in [0.1, 0.15) is 0 Å². The number of hydrogen-bond donors (Lipinski definition) is 1. The van der Waals surface area contributed by atoms with Crippen molar-refractivity contribution < 1.29 is 4.52 Å². The number of aromatic nitrogens is 2. The van der Waals surface area contributed by atoms with E-state index < -0.39 is 0 Å².